The van der Waals surface area contributed by atoms with Crippen molar-refractivity contribution < 1.29 is 4.79 Å². The number of nitrogens with two attached hydrogens (primary N) is 1. The third kappa shape index (κ3) is 2.62. The van der Waals surface area contributed by atoms with Gasteiger partial charge in [-0.1, -0.05) is 13.3 Å². The molecule has 0 aliphatic carbocycles. The first kappa shape index (κ1) is 12.0. The highest BCUT2D eigenvalue weighted by atomic mass is 16.2. The van der Waals surface area contributed by atoms with Gasteiger partial charge in [0.2, 0.25) is 0 Å². The molecule has 0 bridgehead atoms. The van der Waals surface area contributed by atoms with Gasteiger partial charge in [0.1, 0.15) is 5.69 Å². The lowest BCUT2D eigenvalue weighted by Gasteiger charge is -2.35. The summed E-state index contributed by atoms with van der Waals surface area (Å²) < 4.78 is 0. The molecule has 1 aromatic rings. The molecule has 1 fully saturated rings. The largest absolute Gasteiger partial charge is 0.397 e. The number of carbonyl (C=O) groups is 1. The van der Waals surface area contributed by atoms with Gasteiger partial charge in [-0.3, -0.25) is 4.79 Å². The molecule has 1 amide bonds. The normalized spacial score (nSPS) is 20.5. The Bertz CT molecular complexity index is 384. The van der Waals surface area contributed by atoms with Crippen LogP contribution in [0.1, 0.15) is 49.5 Å². The zero-order valence-electron chi connectivity index (χ0n) is 10.4. The summed E-state index contributed by atoms with van der Waals surface area (Å²) in [6.07, 6.45) is 7.38. The van der Waals surface area contributed by atoms with E-state index >= 15 is 0 Å². The summed E-state index contributed by atoms with van der Waals surface area (Å²) in [6, 6.07) is 2.13. The Morgan fingerprint density at radius 3 is 3.06 bits per heavy atom. The second-order valence-electron chi connectivity index (χ2n) is 4.78. The Morgan fingerprint density at radius 1 is 1.59 bits per heavy atom. The SMILES string of the molecule is CCCC1CCCCN1C(=O)c1cc(N)c[nH]1. The van der Waals surface area contributed by atoms with Crippen molar-refractivity contribution >= 4 is 11.6 Å². The van der Waals surface area contributed by atoms with Crippen LogP contribution < -0.4 is 5.73 Å². The smallest absolute Gasteiger partial charge is 0.270 e. The fraction of sp³-hybridized carbons (Fsp3) is 0.615. The van der Waals surface area contributed by atoms with E-state index in [1.165, 1.54) is 6.42 Å². The van der Waals surface area contributed by atoms with Gasteiger partial charge in [0.05, 0.1) is 0 Å². The van der Waals surface area contributed by atoms with Crippen molar-refractivity contribution in [1.82, 2.24) is 9.88 Å². The minimum atomic E-state index is 0.0971. The quantitative estimate of drug-likeness (QED) is 0.845. The van der Waals surface area contributed by atoms with E-state index < -0.39 is 0 Å². The number of H-pyrrole nitrogens is 1. The molecule has 2 heterocycles. The molecule has 0 radical (unpaired) electrons. The van der Waals surface area contributed by atoms with Gasteiger partial charge in [-0.25, -0.2) is 0 Å². The Balaban J connectivity index is 2.10. The predicted molar refractivity (Wildman–Crippen MR) is 68.8 cm³/mol. The van der Waals surface area contributed by atoms with Crippen LogP contribution in [0.4, 0.5) is 5.69 Å². The monoisotopic (exact) mass is 235 g/mol. The Kier molecular flexibility index (Phi) is 3.71. The van der Waals surface area contributed by atoms with Crippen molar-refractivity contribution in [1.29, 1.82) is 0 Å². The number of amides is 1. The zero-order chi connectivity index (χ0) is 12.3. The summed E-state index contributed by atoms with van der Waals surface area (Å²) in [5.41, 5.74) is 6.88. The molecule has 2 rings (SSSR count). The number of carbonyl (C=O) groups excluding carboxylic acids is 1. The highest BCUT2D eigenvalue weighted by molar-refractivity contribution is 5.93. The molecule has 94 valence electrons. The van der Waals surface area contributed by atoms with Crippen LogP contribution in [0, 0.1) is 0 Å². The minimum absolute atomic E-state index is 0.0971. The van der Waals surface area contributed by atoms with Crippen LogP contribution in [0.2, 0.25) is 0 Å². The number of hydrogen-bond donors (Lipinski definition) is 2. The Labute approximate surface area is 102 Å². The molecule has 0 spiro atoms. The van der Waals surface area contributed by atoms with Crippen molar-refractivity contribution in [3.63, 3.8) is 0 Å². The molecular formula is C13H21N3O. The zero-order valence-corrected chi connectivity index (χ0v) is 10.4. The lowest BCUT2D eigenvalue weighted by Crippen LogP contribution is -2.43. The number of nitrogens with zero attached hydrogens (tertiary/aromatic N) is 1. The van der Waals surface area contributed by atoms with E-state index in [9.17, 15) is 4.79 Å². The van der Waals surface area contributed by atoms with Gasteiger partial charge >= 0.3 is 0 Å². The summed E-state index contributed by atoms with van der Waals surface area (Å²) in [5, 5.41) is 0. The van der Waals surface area contributed by atoms with E-state index in [0.717, 1.165) is 32.2 Å². The Hall–Kier alpha value is -1.45. The van der Waals surface area contributed by atoms with Crippen LogP contribution in [-0.4, -0.2) is 28.4 Å². The third-order valence-corrected chi connectivity index (χ3v) is 3.45. The van der Waals surface area contributed by atoms with E-state index in [2.05, 4.69) is 11.9 Å². The highest BCUT2D eigenvalue weighted by Crippen LogP contribution is 2.23. The first-order valence-corrected chi connectivity index (χ1v) is 6.47. The molecule has 17 heavy (non-hydrogen) atoms. The molecule has 0 saturated carbocycles. The topological polar surface area (TPSA) is 62.1 Å². The first-order valence-electron chi connectivity index (χ1n) is 6.47. The van der Waals surface area contributed by atoms with Crippen molar-refractivity contribution in [2.45, 2.75) is 45.1 Å². The maximum absolute atomic E-state index is 12.3. The summed E-state index contributed by atoms with van der Waals surface area (Å²) >= 11 is 0. The number of likely N-dealkylation sites (tertiary alicyclic amines) is 1. The fourth-order valence-corrected chi connectivity index (χ4v) is 2.59. The van der Waals surface area contributed by atoms with Crippen LogP contribution in [0.15, 0.2) is 12.3 Å². The average molecular weight is 235 g/mol. The van der Waals surface area contributed by atoms with Gasteiger partial charge in [0.25, 0.3) is 5.91 Å². The average Bonchev–Trinajstić information content (AvgIpc) is 2.76. The highest BCUT2D eigenvalue weighted by Gasteiger charge is 2.27. The molecule has 3 N–H and O–H groups in total. The van der Waals surface area contributed by atoms with Gasteiger partial charge in [-0.05, 0) is 31.7 Å². The number of aromatic amines is 1. The second kappa shape index (κ2) is 5.25. The van der Waals surface area contributed by atoms with E-state index in [0.29, 0.717) is 17.4 Å². The summed E-state index contributed by atoms with van der Waals surface area (Å²) in [4.78, 5) is 17.3. The molecule has 4 heteroatoms. The number of piperidine rings is 1. The molecular weight excluding hydrogens is 214 g/mol. The lowest BCUT2D eigenvalue weighted by molar-refractivity contribution is 0.0595. The van der Waals surface area contributed by atoms with Crippen molar-refractivity contribution in [2.75, 3.05) is 12.3 Å². The predicted octanol–water partition coefficient (Wildman–Crippen LogP) is 2.39. The van der Waals surface area contributed by atoms with Gasteiger partial charge in [-0.15, -0.1) is 0 Å². The number of aromatic nitrogens is 1. The summed E-state index contributed by atoms with van der Waals surface area (Å²) in [7, 11) is 0. The maximum Gasteiger partial charge on any atom is 0.270 e. The van der Waals surface area contributed by atoms with Gasteiger partial charge in [0, 0.05) is 24.5 Å². The number of hydrogen-bond acceptors (Lipinski definition) is 2. The van der Waals surface area contributed by atoms with Crippen molar-refractivity contribution in [3.8, 4) is 0 Å². The molecule has 1 atom stereocenters. The first-order chi connectivity index (χ1) is 8.22. The van der Waals surface area contributed by atoms with E-state index in [4.69, 9.17) is 5.73 Å². The summed E-state index contributed by atoms with van der Waals surface area (Å²) in [6.45, 7) is 3.05. The van der Waals surface area contributed by atoms with Gasteiger partial charge in [0.15, 0.2) is 0 Å². The van der Waals surface area contributed by atoms with Gasteiger partial charge in [-0.2, -0.15) is 0 Å². The molecule has 4 nitrogen and oxygen atoms in total. The number of nitrogen functional groups attached to an aromatic ring is 1. The van der Waals surface area contributed by atoms with Crippen LogP contribution in [-0.2, 0) is 0 Å². The number of anilines is 1. The molecule has 0 aromatic carbocycles. The molecule has 1 unspecified atom stereocenters. The van der Waals surface area contributed by atoms with E-state index in [-0.39, 0.29) is 5.91 Å². The van der Waals surface area contributed by atoms with Crippen LogP contribution in [0.3, 0.4) is 0 Å². The van der Waals surface area contributed by atoms with Crippen LogP contribution in [0.25, 0.3) is 0 Å². The number of nitrogens with one attached hydrogen (secondary N) is 1. The lowest BCUT2D eigenvalue weighted by atomic mass is 9.98. The Morgan fingerprint density at radius 2 is 2.41 bits per heavy atom. The van der Waals surface area contributed by atoms with Crippen LogP contribution >= 0.6 is 0 Å². The van der Waals surface area contributed by atoms with Gasteiger partial charge < -0.3 is 15.6 Å². The molecule has 1 aliphatic heterocycles. The van der Waals surface area contributed by atoms with E-state index in [1.54, 1.807) is 12.3 Å². The fourth-order valence-electron chi connectivity index (χ4n) is 2.59. The summed E-state index contributed by atoms with van der Waals surface area (Å²) in [5.74, 6) is 0.0971. The standard InChI is InChI=1S/C13H21N3O/c1-2-5-11-6-3-4-7-16(11)13(17)12-8-10(14)9-15-12/h8-9,11,15H,2-7,14H2,1H3. The van der Waals surface area contributed by atoms with E-state index in [1.807, 2.05) is 4.90 Å². The number of rotatable bonds is 3. The van der Waals surface area contributed by atoms with Crippen molar-refractivity contribution in [3.05, 3.63) is 18.0 Å². The van der Waals surface area contributed by atoms with Crippen molar-refractivity contribution in [2.24, 2.45) is 0 Å². The molecule has 1 aliphatic rings. The maximum atomic E-state index is 12.3. The van der Waals surface area contributed by atoms with Crippen LogP contribution in [0.5, 0.6) is 0 Å². The minimum Gasteiger partial charge on any atom is -0.397 e. The molecule has 1 saturated heterocycles. The molecule has 1 aromatic heterocycles. The second-order valence-corrected chi connectivity index (χ2v) is 4.78. The third-order valence-electron chi connectivity index (χ3n) is 3.45.